The Morgan fingerprint density at radius 2 is 1.88 bits per heavy atom. The van der Waals surface area contributed by atoms with E-state index in [1.165, 1.54) is 7.11 Å². The van der Waals surface area contributed by atoms with Crippen LogP contribution in [0.15, 0.2) is 18.2 Å². The van der Waals surface area contributed by atoms with Crippen molar-refractivity contribution >= 4 is 22.8 Å². The molecule has 25 heavy (non-hydrogen) atoms. The lowest BCUT2D eigenvalue weighted by molar-refractivity contribution is -0.125. The third-order valence-electron chi connectivity index (χ3n) is 4.04. The summed E-state index contributed by atoms with van der Waals surface area (Å²) in [5.41, 5.74) is 0.560. The molecule has 0 aliphatic rings. The van der Waals surface area contributed by atoms with Crippen LogP contribution < -0.4 is 14.8 Å². The first-order valence-corrected chi connectivity index (χ1v) is 8.02. The zero-order valence-corrected chi connectivity index (χ0v) is 15.2. The molecule has 0 aliphatic carbocycles. The highest BCUT2D eigenvalue weighted by atomic mass is 16.5. The Labute approximate surface area is 146 Å². The molecular weight excluding hydrogens is 324 g/mol. The summed E-state index contributed by atoms with van der Waals surface area (Å²) in [7, 11) is 3.09. The predicted molar refractivity (Wildman–Crippen MR) is 94.2 cm³/mol. The van der Waals surface area contributed by atoms with Gasteiger partial charge in [0.05, 0.1) is 19.7 Å². The summed E-state index contributed by atoms with van der Waals surface area (Å²) >= 11 is 0. The molecule has 0 saturated carbocycles. The lowest BCUT2D eigenvalue weighted by Gasteiger charge is -2.24. The van der Waals surface area contributed by atoms with Crippen LogP contribution in [0.25, 0.3) is 10.9 Å². The average molecular weight is 348 g/mol. The number of fused-ring (bicyclic) bond motifs is 1. The minimum Gasteiger partial charge on any atom is -0.497 e. The topological polar surface area (TPSA) is 89.7 Å². The molecule has 2 N–H and O–H groups in total. The Hall–Kier alpha value is -2.70. The van der Waals surface area contributed by atoms with Gasteiger partial charge in [-0.15, -0.1) is 0 Å². The molecule has 2 rings (SSSR count). The largest absolute Gasteiger partial charge is 0.497 e. The molecule has 1 aromatic heterocycles. The minimum atomic E-state index is -0.610. The first-order valence-electron chi connectivity index (χ1n) is 8.02. The molecule has 0 aliphatic heterocycles. The number of methoxy groups -OCH3 is 2. The summed E-state index contributed by atoms with van der Waals surface area (Å²) in [4.78, 5) is 27.0. The highest BCUT2D eigenvalue weighted by Gasteiger charge is 2.20. The van der Waals surface area contributed by atoms with Gasteiger partial charge in [-0.3, -0.25) is 4.79 Å². The van der Waals surface area contributed by atoms with Crippen LogP contribution >= 0.6 is 0 Å². The van der Waals surface area contributed by atoms with Crippen molar-refractivity contribution in [1.82, 2.24) is 10.3 Å². The molecule has 0 unspecified atom stereocenters. The van der Waals surface area contributed by atoms with Gasteiger partial charge in [-0.05, 0) is 32.4 Å². The lowest BCUT2D eigenvalue weighted by Crippen LogP contribution is -2.44. The second kappa shape index (κ2) is 7.46. The van der Waals surface area contributed by atoms with Crippen molar-refractivity contribution in [3.8, 4) is 11.5 Å². The summed E-state index contributed by atoms with van der Waals surface area (Å²) < 4.78 is 15.6. The maximum absolute atomic E-state index is 12.2. The number of aromatic amines is 1. The van der Waals surface area contributed by atoms with Gasteiger partial charge in [0.2, 0.25) is 0 Å². The minimum absolute atomic E-state index is 0.240. The molecule has 0 spiro atoms. The molecule has 7 nitrogen and oxygen atoms in total. The fourth-order valence-electron chi connectivity index (χ4n) is 2.28. The summed E-state index contributed by atoms with van der Waals surface area (Å²) in [6, 6.07) is 5.13. The number of ether oxygens (including phenoxy) is 3. The van der Waals surface area contributed by atoms with Gasteiger partial charge in [0.1, 0.15) is 17.2 Å². The molecule has 0 radical (unpaired) electrons. The summed E-state index contributed by atoms with van der Waals surface area (Å²) in [6.45, 7) is 5.45. The first-order chi connectivity index (χ1) is 11.8. The number of esters is 1. The number of H-pyrrole nitrogens is 1. The molecule has 7 heteroatoms. The quantitative estimate of drug-likeness (QED) is 0.751. The third-order valence-corrected chi connectivity index (χ3v) is 4.04. The number of amides is 1. The molecule has 0 fully saturated rings. The van der Waals surface area contributed by atoms with E-state index in [1.807, 2.05) is 20.8 Å². The highest BCUT2D eigenvalue weighted by Crippen LogP contribution is 2.31. The van der Waals surface area contributed by atoms with E-state index in [2.05, 4.69) is 10.3 Å². The van der Waals surface area contributed by atoms with Gasteiger partial charge in [0.25, 0.3) is 5.91 Å². The van der Waals surface area contributed by atoms with Gasteiger partial charge in [-0.1, -0.05) is 6.92 Å². The molecule has 0 saturated heterocycles. The van der Waals surface area contributed by atoms with E-state index in [4.69, 9.17) is 14.2 Å². The normalized spacial score (nSPS) is 11.2. The van der Waals surface area contributed by atoms with Crippen molar-refractivity contribution < 1.29 is 23.8 Å². The lowest BCUT2D eigenvalue weighted by atomic mass is 10.0. The standard InChI is InChI=1S/C18H24N2O5/c1-6-18(2,3)20-15(21)10-25-17(22)13-8-11-7-12(23-4)9-14(24-5)16(11)19-13/h7-9,19H,6,10H2,1-5H3,(H,20,21). The molecule has 1 heterocycles. The number of hydrogen-bond donors (Lipinski definition) is 2. The number of benzene rings is 1. The van der Waals surface area contributed by atoms with Crippen molar-refractivity contribution in [3.63, 3.8) is 0 Å². The fraction of sp³-hybridized carbons (Fsp3) is 0.444. The van der Waals surface area contributed by atoms with Crippen molar-refractivity contribution in [2.75, 3.05) is 20.8 Å². The summed E-state index contributed by atoms with van der Waals surface area (Å²) in [5, 5.41) is 3.56. The SMILES string of the molecule is CCC(C)(C)NC(=O)COC(=O)c1cc2cc(OC)cc(OC)c2[nH]1. The van der Waals surface area contributed by atoms with Gasteiger partial charge < -0.3 is 24.5 Å². The van der Waals surface area contributed by atoms with Crippen molar-refractivity contribution in [3.05, 3.63) is 23.9 Å². The van der Waals surface area contributed by atoms with E-state index in [-0.39, 0.29) is 23.7 Å². The van der Waals surface area contributed by atoms with Crippen molar-refractivity contribution in [2.45, 2.75) is 32.7 Å². The van der Waals surface area contributed by atoms with Crippen LogP contribution in [0.3, 0.4) is 0 Å². The zero-order valence-electron chi connectivity index (χ0n) is 15.2. The number of carbonyl (C=O) groups excluding carboxylic acids is 2. The molecular formula is C18H24N2O5. The number of rotatable bonds is 7. The van der Waals surface area contributed by atoms with E-state index in [1.54, 1.807) is 25.3 Å². The zero-order chi connectivity index (χ0) is 18.6. The van der Waals surface area contributed by atoms with Gasteiger partial charge in [0.15, 0.2) is 6.61 Å². The smallest absolute Gasteiger partial charge is 0.355 e. The molecule has 2 aromatic rings. The number of hydrogen-bond acceptors (Lipinski definition) is 5. The molecule has 0 bridgehead atoms. The second-order valence-electron chi connectivity index (χ2n) is 6.34. The van der Waals surface area contributed by atoms with E-state index < -0.39 is 5.97 Å². The van der Waals surface area contributed by atoms with Crippen LogP contribution in [-0.2, 0) is 9.53 Å². The molecule has 1 aromatic carbocycles. The fourth-order valence-corrected chi connectivity index (χ4v) is 2.28. The summed E-state index contributed by atoms with van der Waals surface area (Å²) in [6.07, 6.45) is 0.774. The third kappa shape index (κ3) is 4.43. The van der Waals surface area contributed by atoms with E-state index >= 15 is 0 Å². The van der Waals surface area contributed by atoms with E-state index in [9.17, 15) is 9.59 Å². The molecule has 1 amide bonds. The van der Waals surface area contributed by atoms with Gasteiger partial charge in [-0.2, -0.15) is 0 Å². The number of nitrogens with one attached hydrogen (secondary N) is 2. The van der Waals surface area contributed by atoms with Gasteiger partial charge in [0, 0.05) is 17.0 Å². The predicted octanol–water partition coefficient (Wildman–Crippen LogP) is 2.65. The number of aromatic nitrogens is 1. The molecule has 136 valence electrons. The van der Waals surface area contributed by atoms with Gasteiger partial charge in [-0.25, -0.2) is 4.79 Å². The van der Waals surface area contributed by atoms with Crippen LogP contribution in [0.2, 0.25) is 0 Å². The maximum atomic E-state index is 12.2. The Morgan fingerprint density at radius 3 is 2.48 bits per heavy atom. The van der Waals surface area contributed by atoms with Crippen LogP contribution in [0.5, 0.6) is 11.5 Å². The van der Waals surface area contributed by atoms with Crippen molar-refractivity contribution in [2.24, 2.45) is 0 Å². The maximum Gasteiger partial charge on any atom is 0.355 e. The molecule has 0 atom stereocenters. The summed E-state index contributed by atoms with van der Waals surface area (Å²) in [5.74, 6) is 0.220. The van der Waals surface area contributed by atoms with Crippen LogP contribution in [0.1, 0.15) is 37.7 Å². The van der Waals surface area contributed by atoms with E-state index in [0.29, 0.717) is 17.0 Å². The van der Waals surface area contributed by atoms with Gasteiger partial charge >= 0.3 is 5.97 Å². The van der Waals surface area contributed by atoms with Crippen LogP contribution in [0, 0.1) is 0 Å². The van der Waals surface area contributed by atoms with Crippen LogP contribution in [0.4, 0.5) is 0 Å². The highest BCUT2D eigenvalue weighted by molar-refractivity contribution is 5.98. The Morgan fingerprint density at radius 1 is 1.16 bits per heavy atom. The van der Waals surface area contributed by atoms with E-state index in [0.717, 1.165) is 11.8 Å². The number of carbonyl (C=O) groups is 2. The van der Waals surface area contributed by atoms with Crippen molar-refractivity contribution in [1.29, 1.82) is 0 Å². The average Bonchev–Trinajstić information content (AvgIpc) is 3.02. The monoisotopic (exact) mass is 348 g/mol. The first kappa shape index (κ1) is 18.6. The Balaban J connectivity index is 2.11. The van der Waals surface area contributed by atoms with Crippen LogP contribution in [-0.4, -0.2) is 43.2 Å². The Kier molecular flexibility index (Phi) is 5.56. The Bertz CT molecular complexity index is 779. The second-order valence-corrected chi connectivity index (χ2v) is 6.34.